The van der Waals surface area contributed by atoms with E-state index in [-0.39, 0.29) is 44.1 Å². The van der Waals surface area contributed by atoms with Crippen LogP contribution in [0.2, 0.25) is 0 Å². The van der Waals surface area contributed by atoms with Crippen LogP contribution in [-0.2, 0) is 25.9 Å². The molecule has 0 aliphatic rings. The third kappa shape index (κ3) is 25.9. The van der Waals surface area contributed by atoms with Gasteiger partial charge in [0.2, 0.25) is 0 Å². The van der Waals surface area contributed by atoms with Crippen molar-refractivity contribution in [2.24, 2.45) is 0 Å². The second-order valence-corrected chi connectivity index (χ2v) is 6.09. The number of carboxylic acid groups (broad SMARTS) is 1. The van der Waals surface area contributed by atoms with Gasteiger partial charge in [0, 0.05) is 27.5 Å². The molecule has 130 valence electrons. The summed E-state index contributed by atoms with van der Waals surface area (Å²) >= 11 is 0. The maximum absolute atomic E-state index is 10.3. The number of carboxylic acids is 1. The van der Waals surface area contributed by atoms with Gasteiger partial charge in [-0.1, -0.05) is 96.8 Å². The van der Waals surface area contributed by atoms with Crippen LogP contribution in [-0.4, -0.2) is 34.1 Å². The van der Waals surface area contributed by atoms with Crippen LogP contribution < -0.4 is 0 Å². The van der Waals surface area contributed by atoms with Crippen molar-refractivity contribution in [3.63, 3.8) is 0 Å². The molecule has 0 amide bonds. The van der Waals surface area contributed by atoms with Crippen molar-refractivity contribution in [1.29, 1.82) is 0 Å². The summed E-state index contributed by atoms with van der Waals surface area (Å²) < 4.78 is 0. The molecule has 0 unspecified atom stereocenters. The Balaban J connectivity index is -0.00000180. The number of hydrogen-bond acceptors (Lipinski definition) is 1. The molecule has 0 aliphatic heterocycles. The molecule has 0 aliphatic carbocycles. The fraction of sp³-hybridized carbons (Fsp3) is 0.944. The fourth-order valence-corrected chi connectivity index (χ4v) is 2.65. The van der Waals surface area contributed by atoms with Crippen molar-refractivity contribution in [2.45, 2.75) is 110 Å². The molecule has 4 heteroatoms. The molecule has 22 heavy (non-hydrogen) atoms. The van der Waals surface area contributed by atoms with Crippen LogP contribution in [0.1, 0.15) is 110 Å². The molecule has 0 rings (SSSR count). The Morgan fingerprint density at radius 3 is 1.18 bits per heavy atom. The van der Waals surface area contributed by atoms with Gasteiger partial charge in [-0.25, -0.2) is 0 Å². The van der Waals surface area contributed by atoms with Gasteiger partial charge in [-0.15, -0.1) is 0 Å². The van der Waals surface area contributed by atoms with E-state index in [0.717, 1.165) is 12.8 Å². The largest absolute Gasteiger partial charge is 0.481 e. The van der Waals surface area contributed by atoms with Crippen LogP contribution in [0.15, 0.2) is 0 Å². The number of hydrogen-bond donors (Lipinski definition) is 1. The normalized spacial score (nSPS) is 9.86. The molecule has 0 saturated heterocycles. The Kier molecular flexibility index (Phi) is 30.5. The molecule has 0 atom stereocenters. The van der Waals surface area contributed by atoms with Gasteiger partial charge >= 0.3 is 29.0 Å². The van der Waals surface area contributed by atoms with Crippen LogP contribution in [0.4, 0.5) is 0 Å². The number of unbranched alkanes of at least 4 members (excludes halogenated alkanes) is 14. The van der Waals surface area contributed by atoms with Crippen LogP contribution in [0.5, 0.6) is 0 Å². The summed E-state index contributed by atoms with van der Waals surface area (Å²) in [7, 11) is 0. The first-order valence-electron chi connectivity index (χ1n) is 8.99. The third-order valence-corrected chi connectivity index (χ3v) is 3.99. The number of rotatable bonds is 16. The Morgan fingerprint density at radius 2 is 0.909 bits per heavy atom. The average molecular weight is 407 g/mol. The molecule has 0 heterocycles. The topological polar surface area (TPSA) is 37.3 Å². The van der Waals surface area contributed by atoms with Gasteiger partial charge in [0.1, 0.15) is 0 Å². The van der Waals surface area contributed by atoms with E-state index in [9.17, 15) is 4.79 Å². The van der Waals surface area contributed by atoms with E-state index in [1.54, 1.807) is 0 Å². The zero-order valence-corrected chi connectivity index (χ0v) is 16.1. The first-order chi connectivity index (χ1) is 9.77. The predicted octanol–water partition coefficient (Wildman–Crippen LogP) is 5.41. The van der Waals surface area contributed by atoms with Crippen LogP contribution in [0.3, 0.4) is 0 Å². The second kappa shape index (κ2) is 24.2. The molecule has 2 nitrogen and oxygen atoms in total. The molecule has 0 bridgehead atoms. The van der Waals surface area contributed by atoms with Crippen molar-refractivity contribution in [1.82, 2.24) is 0 Å². The Morgan fingerprint density at radius 1 is 0.636 bits per heavy atom. The second-order valence-electron chi connectivity index (χ2n) is 6.09. The summed E-state index contributed by atoms with van der Waals surface area (Å²) in [5.74, 6) is -0.653. The molecular weight excluding hydrogens is 368 g/mol. The van der Waals surface area contributed by atoms with Crippen molar-refractivity contribution in [2.75, 3.05) is 0 Å². The predicted molar refractivity (Wildman–Crippen MR) is 95.7 cm³/mol. The van der Waals surface area contributed by atoms with Crippen molar-refractivity contribution < 1.29 is 31.0 Å². The van der Waals surface area contributed by atoms with Gasteiger partial charge in [0.15, 0.2) is 0 Å². The van der Waals surface area contributed by atoms with E-state index in [1.807, 2.05) is 0 Å². The number of carbonyl (C=O) groups is 1. The zero-order valence-electron chi connectivity index (χ0n) is 14.1. The van der Waals surface area contributed by atoms with Crippen LogP contribution >= 0.6 is 0 Å². The molecule has 1 N–H and O–H groups in total. The van der Waals surface area contributed by atoms with Gasteiger partial charge in [0.25, 0.3) is 0 Å². The smallest absolute Gasteiger partial charge is 0.316 e. The van der Waals surface area contributed by atoms with Gasteiger partial charge < -0.3 is 5.11 Å². The third-order valence-electron chi connectivity index (χ3n) is 3.99. The minimum absolute atomic E-state index is 0. The van der Waals surface area contributed by atoms with E-state index >= 15 is 0 Å². The summed E-state index contributed by atoms with van der Waals surface area (Å²) in [6.45, 7) is 2.27. The van der Waals surface area contributed by atoms with E-state index in [0.29, 0.717) is 6.42 Å². The molecule has 0 aromatic heterocycles. The van der Waals surface area contributed by atoms with Gasteiger partial charge in [-0.3, -0.25) is 4.79 Å². The quantitative estimate of drug-likeness (QED) is 0.275. The molecule has 0 aromatic rings. The van der Waals surface area contributed by atoms with Gasteiger partial charge in [-0.05, 0) is 6.42 Å². The standard InChI is InChI=1S/C18H36O2.Mg.Mo.2H/c1-2-3-4-5-6-7-8-9-10-11-12-13-14-15-16-17-18(19)20;;;;/h2-17H2,1H3,(H,19,20);;;;. The van der Waals surface area contributed by atoms with E-state index in [2.05, 4.69) is 6.92 Å². The Bertz CT molecular complexity index is 213. The van der Waals surface area contributed by atoms with E-state index < -0.39 is 5.97 Å². The summed E-state index contributed by atoms with van der Waals surface area (Å²) in [4.78, 5) is 10.3. The summed E-state index contributed by atoms with van der Waals surface area (Å²) in [6.07, 6.45) is 20.2. The molecule has 0 saturated carbocycles. The molecular formula is C18H38MgMoO2. The Labute approximate surface area is 169 Å². The maximum atomic E-state index is 10.3. The SMILES string of the molecule is CCCCCCCCCCCCCCCCCC(=O)O.[MgH2].[Mo]. The maximum Gasteiger partial charge on any atom is 0.316 e. The van der Waals surface area contributed by atoms with E-state index in [4.69, 9.17) is 5.11 Å². The minimum atomic E-state index is -0.653. The van der Waals surface area contributed by atoms with Crippen molar-refractivity contribution in [3.8, 4) is 0 Å². The molecule has 0 spiro atoms. The van der Waals surface area contributed by atoms with Gasteiger partial charge in [0.05, 0.1) is 0 Å². The van der Waals surface area contributed by atoms with Crippen molar-refractivity contribution >= 4 is 29.0 Å². The first kappa shape index (κ1) is 27.8. The van der Waals surface area contributed by atoms with Crippen LogP contribution in [0.25, 0.3) is 0 Å². The molecule has 0 radical (unpaired) electrons. The molecule has 0 aromatic carbocycles. The average Bonchev–Trinajstić information content (AvgIpc) is 2.43. The number of aliphatic carboxylic acids is 1. The van der Waals surface area contributed by atoms with Crippen molar-refractivity contribution in [3.05, 3.63) is 0 Å². The Hall–Kier alpha value is 0.925. The minimum Gasteiger partial charge on any atom is -0.481 e. The van der Waals surface area contributed by atoms with E-state index in [1.165, 1.54) is 83.5 Å². The van der Waals surface area contributed by atoms with Crippen LogP contribution in [0, 0.1) is 0 Å². The fourth-order valence-electron chi connectivity index (χ4n) is 2.65. The molecule has 0 fully saturated rings. The summed E-state index contributed by atoms with van der Waals surface area (Å²) in [5, 5.41) is 8.52. The first-order valence-corrected chi connectivity index (χ1v) is 8.99. The summed E-state index contributed by atoms with van der Waals surface area (Å²) in [6, 6.07) is 0. The zero-order chi connectivity index (χ0) is 14.9. The monoisotopic (exact) mass is 408 g/mol. The summed E-state index contributed by atoms with van der Waals surface area (Å²) in [5.41, 5.74) is 0. The van der Waals surface area contributed by atoms with Gasteiger partial charge in [-0.2, -0.15) is 0 Å².